The third-order valence-electron chi connectivity index (χ3n) is 7.03. The Hall–Kier alpha value is -2.54. The second-order valence-corrected chi connectivity index (χ2v) is 12.9. The Kier molecular flexibility index (Phi) is 11.0. The lowest BCUT2D eigenvalue weighted by molar-refractivity contribution is 0.372. The summed E-state index contributed by atoms with van der Waals surface area (Å²) < 4.78 is 0. The molecule has 2 aromatic rings. The first-order valence-electron chi connectivity index (χ1n) is 13.5. The highest BCUT2D eigenvalue weighted by Crippen LogP contribution is 2.36. The Balaban J connectivity index is 0.00000205. The van der Waals surface area contributed by atoms with Crippen molar-refractivity contribution in [2.75, 3.05) is 4.90 Å². The smallest absolute Gasteiger partial charge is 0.0461 e. The molecule has 1 heteroatoms. The van der Waals surface area contributed by atoms with Gasteiger partial charge in [-0.25, -0.2) is 0 Å². The molecule has 0 saturated carbocycles. The molecule has 1 nitrogen and oxygen atoms in total. The maximum absolute atomic E-state index is 4.43. The van der Waals surface area contributed by atoms with E-state index < -0.39 is 0 Å². The molecule has 0 amide bonds. The number of anilines is 2. The Morgan fingerprint density at radius 1 is 0.722 bits per heavy atom. The van der Waals surface area contributed by atoms with Gasteiger partial charge in [-0.2, -0.15) is 0 Å². The maximum atomic E-state index is 4.43. The number of hydrogen-bond donors (Lipinski definition) is 0. The molecule has 0 unspecified atom stereocenters. The predicted octanol–water partition coefficient (Wildman–Crippen LogP) is 11.1. The number of benzene rings is 2. The Labute approximate surface area is 224 Å². The molecule has 0 heterocycles. The van der Waals surface area contributed by atoms with Crippen LogP contribution in [0.4, 0.5) is 11.4 Å². The normalized spacial score (nSPS) is 12.4. The van der Waals surface area contributed by atoms with Gasteiger partial charge in [0.1, 0.15) is 0 Å². The van der Waals surface area contributed by atoms with E-state index in [9.17, 15) is 0 Å². The highest BCUT2D eigenvalue weighted by Gasteiger charge is 2.25. The van der Waals surface area contributed by atoms with E-state index in [1.54, 1.807) is 0 Å². The van der Waals surface area contributed by atoms with Gasteiger partial charge in [0.2, 0.25) is 0 Å². The van der Waals surface area contributed by atoms with Gasteiger partial charge in [0, 0.05) is 17.1 Å². The zero-order chi connectivity index (χ0) is 27.9. The van der Waals surface area contributed by atoms with Crippen LogP contribution in [0.3, 0.4) is 0 Å². The van der Waals surface area contributed by atoms with Crippen LogP contribution in [0.5, 0.6) is 0 Å². The highest BCUT2D eigenvalue weighted by atomic mass is 15.1. The molecule has 2 rings (SSSR count). The number of allylic oxidation sites excluding steroid dienone is 3. The summed E-state index contributed by atoms with van der Waals surface area (Å²) in [6.07, 6.45) is 5.42. The molecule has 2 aromatic carbocycles. The summed E-state index contributed by atoms with van der Waals surface area (Å²) in [5.74, 6) is 0.561. The van der Waals surface area contributed by atoms with Gasteiger partial charge >= 0.3 is 0 Å². The molecule has 0 saturated heterocycles. The summed E-state index contributed by atoms with van der Waals surface area (Å²) >= 11 is 0. The van der Waals surface area contributed by atoms with E-state index in [1.807, 2.05) is 0 Å². The zero-order valence-corrected chi connectivity index (χ0v) is 25.4. The number of hydrogen-bond acceptors (Lipinski definition) is 1. The summed E-state index contributed by atoms with van der Waals surface area (Å²) in [7, 11) is 0. The first kappa shape index (κ1) is 31.5. The molecule has 0 spiro atoms. The van der Waals surface area contributed by atoms with Gasteiger partial charge in [-0.05, 0) is 69.2 Å². The second-order valence-electron chi connectivity index (χ2n) is 12.9. The second kappa shape index (κ2) is 12.6. The fraction of sp³-hybridized carbons (Fsp3) is 0.486. The van der Waals surface area contributed by atoms with Crippen LogP contribution in [-0.2, 0) is 10.8 Å². The maximum Gasteiger partial charge on any atom is 0.0461 e. The summed E-state index contributed by atoms with van der Waals surface area (Å²) in [4.78, 5) is 2.23. The van der Waals surface area contributed by atoms with E-state index in [4.69, 9.17) is 0 Å². The van der Waals surface area contributed by atoms with Crippen molar-refractivity contribution < 1.29 is 0 Å². The fourth-order valence-corrected chi connectivity index (χ4v) is 3.49. The van der Waals surface area contributed by atoms with E-state index in [1.165, 1.54) is 17.5 Å². The molecule has 0 aromatic heterocycles. The molecule has 0 aliphatic rings. The zero-order valence-electron chi connectivity index (χ0n) is 25.4. The van der Waals surface area contributed by atoms with Crippen molar-refractivity contribution in [3.8, 4) is 0 Å². The number of rotatable bonds is 7. The Morgan fingerprint density at radius 2 is 1.11 bits per heavy atom. The largest absolute Gasteiger partial charge is 0.311 e. The highest BCUT2D eigenvalue weighted by molar-refractivity contribution is 5.70. The summed E-state index contributed by atoms with van der Waals surface area (Å²) in [5.41, 5.74) is 7.16. The van der Waals surface area contributed by atoms with Crippen LogP contribution < -0.4 is 4.90 Å². The van der Waals surface area contributed by atoms with E-state index in [0.29, 0.717) is 5.92 Å². The summed E-state index contributed by atoms with van der Waals surface area (Å²) in [5, 5.41) is 0. The minimum atomic E-state index is 0.0278. The molecule has 36 heavy (non-hydrogen) atoms. The molecule has 0 bridgehead atoms. The van der Waals surface area contributed by atoms with E-state index in [-0.39, 0.29) is 16.2 Å². The predicted molar refractivity (Wildman–Crippen MR) is 164 cm³/mol. The van der Waals surface area contributed by atoms with Gasteiger partial charge in [0.15, 0.2) is 0 Å². The van der Waals surface area contributed by atoms with Crippen LogP contribution in [0, 0.1) is 11.3 Å². The third kappa shape index (κ3) is 8.54. The molecule has 0 fully saturated rings. The van der Waals surface area contributed by atoms with Crippen molar-refractivity contribution in [3.63, 3.8) is 0 Å². The van der Waals surface area contributed by atoms with Crippen LogP contribution in [0.15, 0.2) is 85.1 Å². The first-order chi connectivity index (χ1) is 16.5. The van der Waals surface area contributed by atoms with E-state index >= 15 is 0 Å². The average Bonchev–Trinajstić information content (AvgIpc) is 2.77. The summed E-state index contributed by atoms with van der Waals surface area (Å²) in [6, 6.07) is 17.8. The van der Waals surface area contributed by atoms with Crippen molar-refractivity contribution in [2.45, 2.75) is 100 Å². The van der Waals surface area contributed by atoms with E-state index in [2.05, 4.69) is 162 Å². The van der Waals surface area contributed by atoms with Gasteiger partial charge in [0.25, 0.3) is 0 Å². The minimum absolute atomic E-state index is 0.0278. The van der Waals surface area contributed by atoms with Crippen molar-refractivity contribution in [1.82, 2.24) is 0 Å². The van der Waals surface area contributed by atoms with Gasteiger partial charge in [-0.3, -0.25) is 0 Å². The third-order valence-corrected chi connectivity index (χ3v) is 7.03. The van der Waals surface area contributed by atoms with Crippen LogP contribution >= 0.6 is 0 Å². The van der Waals surface area contributed by atoms with Gasteiger partial charge in [0.05, 0.1) is 0 Å². The molecule has 0 N–H and O–H groups in total. The molecule has 0 radical (unpaired) electrons. The Bertz CT molecular complexity index is 1000. The molecule has 198 valence electrons. The van der Waals surface area contributed by atoms with Crippen molar-refractivity contribution in [1.29, 1.82) is 0 Å². The van der Waals surface area contributed by atoms with Gasteiger partial charge in [-0.1, -0.05) is 133 Å². The Morgan fingerprint density at radius 3 is 1.44 bits per heavy atom. The molecular weight excluding hydrogens is 434 g/mol. The molecular formula is C35H53N. The van der Waals surface area contributed by atoms with Crippen LogP contribution in [0.2, 0.25) is 0 Å². The van der Waals surface area contributed by atoms with Crippen LogP contribution in [-0.4, -0.2) is 0 Å². The van der Waals surface area contributed by atoms with Crippen LogP contribution in [0.25, 0.3) is 0 Å². The van der Waals surface area contributed by atoms with Gasteiger partial charge in [-0.15, -0.1) is 0 Å². The van der Waals surface area contributed by atoms with Crippen molar-refractivity contribution >= 4 is 11.4 Å². The first-order valence-corrected chi connectivity index (χ1v) is 13.5. The van der Waals surface area contributed by atoms with Crippen molar-refractivity contribution in [2.24, 2.45) is 11.3 Å². The van der Waals surface area contributed by atoms with E-state index in [0.717, 1.165) is 22.6 Å². The fourth-order valence-electron chi connectivity index (χ4n) is 3.49. The monoisotopic (exact) mass is 487 g/mol. The lowest BCUT2D eigenvalue weighted by Crippen LogP contribution is -2.24. The topological polar surface area (TPSA) is 3.24 Å². The summed E-state index contributed by atoms with van der Waals surface area (Å²) in [6.45, 7) is 35.4. The van der Waals surface area contributed by atoms with Gasteiger partial charge < -0.3 is 4.90 Å². The van der Waals surface area contributed by atoms with Crippen molar-refractivity contribution in [3.05, 3.63) is 96.2 Å². The van der Waals surface area contributed by atoms with Crippen LogP contribution in [0.1, 0.15) is 101 Å². The number of nitrogens with zero attached hydrogens (tertiary/aromatic N) is 1. The quantitative estimate of drug-likeness (QED) is 0.351. The lowest BCUT2D eigenvalue weighted by atomic mass is 9.75. The average molecular weight is 488 g/mol. The minimum Gasteiger partial charge on any atom is -0.311 e. The standard InChI is InChI=1S/C32H45N.C3H8/c1-23(2)32(11,12)27-17-21-29(22-18-27)33(25(4)14-13-24(3)30(5,6)7)28-19-15-26(16-20-28)31(8,9)10;1-3-2/h13-23H,3-4H2,1-2,5-12H3;3H2,1-2H3/b14-13-;. The molecule has 0 aliphatic carbocycles. The lowest BCUT2D eigenvalue weighted by Gasteiger charge is -2.31. The SMILES string of the molecule is C=C(/C=C\C(=C)C(C)(C)C)N(c1ccc(C(C)(C)C)cc1)c1ccc(C(C)(C)C(C)C)cc1.CCC. The molecule has 0 atom stereocenters. The molecule has 0 aliphatic heterocycles.